The van der Waals surface area contributed by atoms with Crippen molar-refractivity contribution in [2.24, 2.45) is 0 Å². The Labute approximate surface area is 122 Å². The number of benzene rings is 1. The van der Waals surface area contributed by atoms with Gasteiger partial charge in [0.05, 0.1) is 6.61 Å². The van der Waals surface area contributed by atoms with E-state index in [0.29, 0.717) is 30.4 Å². The van der Waals surface area contributed by atoms with Crippen LogP contribution in [0.4, 0.5) is 10.3 Å². The van der Waals surface area contributed by atoms with Gasteiger partial charge in [-0.1, -0.05) is 6.07 Å². The van der Waals surface area contributed by atoms with Gasteiger partial charge in [-0.2, -0.15) is 9.97 Å². The Kier molecular flexibility index (Phi) is 4.86. The fourth-order valence-electron chi connectivity index (χ4n) is 1.56. The summed E-state index contributed by atoms with van der Waals surface area (Å²) in [6.45, 7) is 6.49. The number of nitrogens with one attached hydrogen (secondary N) is 1. The Morgan fingerprint density at radius 2 is 1.90 bits per heavy atom. The Bertz CT molecular complexity index is 598. The van der Waals surface area contributed by atoms with Gasteiger partial charge in [0.25, 0.3) is 0 Å². The van der Waals surface area contributed by atoms with Crippen LogP contribution >= 0.6 is 0 Å². The number of nitrogens with zero attached hydrogens (tertiary/aromatic N) is 3. The Balaban J connectivity index is 2.26. The molecule has 0 unspecified atom stereocenters. The van der Waals surface area contributed by atoms with Crippen LogP contribution in [0.5, 0.6) is 17.8 Å². The zero-order valence-electron chi connectivity index (χ0n) is 12.2. The van der Waals surface area contributed by atoms with Gasteiger partial charge in [0.2, 0.25) is 5.95 Å². The zero-order chi connectivity index (χ0) is 15.2. The van der Waals surface area contributed by atoms with E-state index in [-0.39, 0.29) is 17.8 Å². The molecule has 0 spiro atoms. The summed E-state index contributed by atoms with van der Waals surface area (Å²) in [4.78, 5) is 12.2. The highest BCUT2D eigenvalue weighted by molar-refractivity contribution is 5.32. The molecule has 0 aliphatic rings. The molecular weight excluding hydrogens is 275 g/mol. The first-order chi connectivity index (χ1) is 10.1. The fraction of sp³-hybridized carbons (Fsp3) is 0.357. The van der Waals surface area contributed by atoms with E-state index in [4.69, 9.17) is 9.47 Å². The van der Waals surface area contributed by atoms with Crippen molar-refractivity contribution in [1.82, 2.24) is 15.0 Å². The van der Waals surface area contributed by atoms with Gasteiger partial charge >= 0.3 is 12.0 Å². The van der Waals surface area contributed by atoms with E-state index in [1.165, 1.54) is 6.07 Å². The fourth-order valence-corrected chi connectivity index (χ4v) is 1.56. The van der Waals surface area contributed by atoms with Gasteiger partial charge < -0.3 is 14.8 Å². The molecule has 0 saturated heterocycles. The zero-order valence-corrected chi connectivity index (χ0v) is 12.2. The first kappa shape index (κ1) is 15.0. The van der Waals surface area contributed by atoms with Crippen molar-refractivity contribution in [3.63, 3.8) is 0 Å². The Morgan fingerprint density at radius 3 is 2.57 bits per heavy atom. The lowest BCUT2D eigenvalue weighted by Crippen LogP contribution is -2.07. The van der Waals surface area contributed by atoms with Crippen molar-refractivity contribution in [2.75, 3.05) is 18.5 Å². The molecule has 0 bridgehead atoms. The maximum absolute atomic E-state index is 13.5. The Hall–Kier alpha value is -2.44. The normalized spacial score (nSPS) is 10.3. The van der Waals surface area contributed by atoms with Gasteiger partial charge in [0.1, 0.15) is 11.6 Å². The maximum atomic E-state index is 13.5. The number of hydrogen-bond acceptors (Lipinski definition) is 6. The molecule has 1 aromatic heterocycles. The van der Waals surface area contributed by atoms with Gasteiger partial charge in [-0.15, -0.1) is 4.98 Å². The molecule has 0 amide bonds. The average Bonchev–Trinajstić information content (AvgIpc) is 2.43. The number of hydrogen-bond donors (Lipinski definition) is 1. The van der Waals surface area contributed by atoms with E-state index in [1.54, 1.807) is 19.1 Å². The lowest BCUT2D eigenvalue weighted by atomic mass is 10.2. The largest absolute Gasteiger partial charge is 0.464 e. The third kappa shape index (κ3) is 4.01. The van der Waals surface area contributed by atoms with Crippen LogP contribution in [0.15, 0.2) is 18.2 Å². The molecule has 0 fully saturated rings. The molecule has 0 aliphatic carbocycles. The van der Waals surface area contributed by atoms with Gasteiger partial charge in [0.15, 0.2) is 0 Å². The monoisotopic (exact) mass is 292 g/mol. The quantitative estimate of drug-likeness (QED) is 0.882. The number of rotatable bonds is 6. The molecule has 7 heteroatoms. The summed E-state index contributed by atoms with van der Waals surface area (Å²) in [6.07, 6.45) is 0. The molecule has 1 heterocycles. The molecule has 112 valence electrons. The molecular formula is C14H17FN4O2. The third-order valence-electron chi connectivity index (χ3n) is 2.56. The topological polar surface area (TPSA) is 69.2 Å². The summed E-state index contributed by atoms with van der Waals surface area (Å²) < 4.78 is 24.2. The molecule has 2 rings (SSSR count). The minimum Gasteiger partial charge on any atom is -0.464 e. The smallest absolute Gasteiger partial charge is 0.330 e. The molecule has 0 aliphatic heterocycles. The van der Waals surface area contributed by atoms with Crippen LogP contribution in [0, 0.1) is 12.7 Å². The third-order valence-corrected chi connectivity index (χ3v) is 2.56. The number of halogens is 1. The molecule has 6 nitrogen and oxygen atoms in total. The van der Waals surface area contributed by atoms with Crippen molar-refractivity contribution in [3.05, 3.63) is 29.6 Å². The van der Waals surface area contributed by atoms with Crippen LogP contribution in [0.2, 0.25) is 0 Å². The molecule has 2 aromatic rings. The Morgan fingerprint density at radius 1 is 1.14 bits per heavy atom. The van der Waals surface area contributed by atoms with E-state index >= 15 is 0 Å². The summed E-state index contributed by atoms with van der Waals surface area (Å²) in [6, 6.07) is 4.77. The summed E-state index contributed by atoms with van der Waals surface area (Å²) in [5.74, 6) is 0.311. The highest BCUT2D eigenvalue weighted by Crippen LogP contribution is 2.22. The predicted molar refractivity (Wildman–Crippen MR) is 76.4 cm³/mol. The second-order valence-electron chi connectivity index (χ2n) is 4.20. The van der Waals surface area contributed by atoms with Crippen LogP contribution in [0.3, 0.4) is 0 Å². The van der Waals surface area contributed by atoms with Gasteiger partial charge in [-0.25, -0.2) is 4.39 Å². The number of aromatic nitrogens is 3. The number of anilines is 1. The second-order valence-corrected chi connectivity index (χ2v) is 4.20. The van der Waals surface area contributed by atoms with Crippen LogP contribution in [-0.2, 0) is 0 Å². The van der Waals surface area contributed by atoms with Crippen LogP contribution in [0.1, 0.15) is 19.4 Å². The minimum atomic E-state index is -0.349. The van der Waals surface area contributed by atoms with Crippen LogP contribution < -0.4 is 14.8 Å². The van der Waals surface area contributed by atoms with E-state index in [0.717, 1.165) is 0 Å². The summed E-state index contributed by atoms with van der Waals surface area (Å²) in [5, 5.41) is 2.96. The maximum Gasteiger partial charge on any atom is 0.330 e. The number of ether oxygens (including phenoxy) is 2. The van der Waals surface area contributed by atoms with E-state index in [1.807, 2.05) is 13.8 Å². The summed E-state index contributed by atoms with van der Waals surface area (Å²) >= 11 is 0. The lowest BCUT2D eigenvalue weighted by molar-refractivity contribution is 0.303. The van der Waals surface area contributed by atoms with Gasteiger partial charge in [-0.05, 0) is 32.4 Å². The highest BCUT2D eigenvalue weighted by atomic mass is 19.1. The van der Waals surface area contributed by atoms with Crippen LogP contribution in [0.25, 0.3) is 0 Å². The average molecular weight is 292 g/mol. The molecule has 0 saturated carbocycles. The second kappa shape index (κ2) is 6.83. The molecule has 0 radical (unpaired) electrons. The van der Waals surface area contributed by atoms with Crippen molar-refractivity contribution >= 4 is 5.95 Å². The minimum absolute atomic E-state index is 0.0488. The van der Waals surface area contributed by atoms with Crippen molar-refractivity contribution in [2.45, 2.75) is 20.8 Å². The predicted octanol–water partition coefficient (Wildman–Crippen LogP) is 2.94. The molecule has 0 atom stereocenters. The summed E-state index contributed by atoms with van der Waals surface area (Å²) in [7, 11) is 0. The first-order valence-corrected chi connectivity index (χ1v) is 6.69. The lowest BCUT2D eigenvalue weighted by Gasteiger charge is -2.09. The molecule has 21 heavy (non-hydrogen) atoms. The van der Waals surface area contributed by atoms with Crippen molar-refractivity contribution in [1.29, 1.82) is 0 Å². The van der Waals surface area contributed by atoms with Gasteiger partial charge in [-0.3, -0.25) is 0 Å². The first-order valence-electron chi connectivity index (χ1n) is 6.69. The highest BCUT2D eigenvalue weighted by Gasteiger charge is 2.10. The SMILES string of the molecule is CCNc1nc(OCC)nc(Oc2ccc(C)c(F)c2)n1. The molecule has 1 N–H and O–H groups in total. The van der Waals surface area contributed by atoms with E-state index < -0.39 is 0 Å². The van der Waals surface area contributed by atoms with E-state index in [9.17, 15) is 4.39 Å². The van der Waals surface area contributed by atoms with Gasteiger partial charge in [0, 0.05) is 12.6 Å². The summed E-state index contributed by atoms with van der Waals surface area (Å²) in [5.41, 5.74) is 0.543. The standard InChI is InChI=1S/C14H17FN4O2/c1-4-16-12-17-13(20-5-2)19-14(18-12)21-10-7-6-9(3)11(15)8-10/h6-8H,4-5H2,1-3H3,(H,16,17,18,19). The van der Waals surface area contributed by atoms with Crippen molar-refractivity contribution < 1.29 is 13.9 Å². The molecule has 1 aromatic carbocycles. The number of aryl methyl sites for hydroxylation is 1. The van der Waals surface area contributed by atoms with Crippen LogP contribution in [-0.4, -0.2) is 28.1 Å². The van der Waals surface area contributed by atoms with Crippen molar-refractivity contribution in [3.8, 4) is 17.8 Å². The van der Waals surface area contributed by atoms with E-state index in [2.05, 4.69) is 20.3 Å².